The molecular formula is C12H16BrN3O3. The Hall–Kier alpha value is -1.18. The van der Waals surface area contributed by atoms with Crippen LogP contribution in [0.15, 0.2) is 25.6 Å². The Bertz CT molecular complexity index is 524. The third kappa shape index (κ3) is 4.15. The summed E-state index contributed by atoms with van der Waals surface area (Å²) in [4.78, 5) is 2.02. The molecule has 2 rings (SSSR count). The number of rotatable bonds is 6. The Morgan fingerprint density at radius 3 is 2.79 bits per heavy atom. The molecule has 2 aromatic rings. The lowest BCUT2D eigenvalue weighted by Crippen LogP contribution is -2.22. The van der Waals surface area contributed by atoms with E-state index in [1.165, 1.54) is 0 Å². The summed E-state index contributed by atoms with van der Waals surface area (Å²) in [5, 5.41) is 17.1. The molecule has 0 spiro atoms. The third-order valence-electron chi connectivity index (χ3n) is 2.58. The van der Waals surface area contributed by atoms with Crippen LogP contribution in [-0.2, 0) is 6.54 Å². The molecule has 0 fully saturated rings. The van der Waals surface area contributed by atoms with E-state index in [4.69, 9.17) is 8.83 Å². The predicted molar refractivity (Wildman–Crippen MR) is 72.3 cm³/mol. The normalized spacial score (nSPS) is 13.1. The molecule has 2 heterocycles. The molecule has 1 atom stereocenters. The molecule has 1 unspecified atom stereocenters. The van der Waals surface area contributed by atoms with Gasteiger partial charge in [-0.1, -0.05) is 0 Å². The van der Waals surface area contributed by atoms with E-state index in [1.807, 2.05) is 11.9 Å². The Morgan fingerprint density at radius 2 is 2.16 bits per heavy atom. The summed E-state index contributed by atoms with van der Waals surface area (Å²) in [5.41, 5.74) is 0. The van der Waals surface area contributed by atoms with Gasteiger partial charge in [0.1, 0.15) is 0 Å². The lowest BCUT2D eigenvalue weighted by molar-refractivity contribution is 0.159. The van der Waals surface area contributed by atoms with Crippen molar-refractivity contribution in [1.82, 2.24) is 15.1 Å². The number of hydrogen-bond acceptors (Lipinski definition) is 6. The number of nitrogens with zero attached hydrogens (tertiary/aromatic N) is 3. The first-order valence-electron chi connectivity index (χ1n) is 5.99. The van der Waals surface area contributed by atoms with Crippen molar-refractivity contribution in [2.45, 2.75) is 26.0 Å². The average Bonchev–Trinajstić information content (AvgIpc) is 2.95. The zero-order chi connectivity index (χ0) is 13.8. The molecule has 104 valence electrons. The van der Waals surface area contributed by atoms with Gasteiger partial charge in [0, 0.05) is 6.54 Å². The summed E-state index contributed by atoms with van der Waals surface area (Å²) in [5.74, 6) is 1.43. The van der Waals surface area contributed by atoms with Gasteiger partial charge in [-0.25, -0.2) is 0 Å². The van der Waals surface area contributed by atoms with Gasteiger partial charge in [-0.05, 0) is 48.5 Å². The number of aromatic nitrogens is 2. The average molecular weight is 330 g/mol. The van der Waals surface area contributed by atoms with Crippen molar-refractivity contribution in [3.63, 3.8) is 0 Å². The fourth-order valence-corrected chi connectivity index (χ4v) is 1.87. The van der Waals surface area contributed by atoms with Gasteiger partial charge in [0.15, 0.2) is 10.4 Å². The van der Waals surface area contributed by atoms with Crippen LogP contribution in [0.4, 0.5) is 0 Å². The zero-order valence-corrected chi connectivity index (χ0v) is 12.4. The molecule has 0 saturated carbocycles. The Balaban J connectivity index is 1.94. The zero-order valence-electron chi connectivity index (χ0n) is 10.8. The number of furan rings is 1. The predicted octanol–water partition coefficient (Wildman–Crippen LogP) is 2.29. The second kappa shape index (κ2) is 6.31. The highest BCUT2D eigenvalue weighted by atomic mass is 79.9. The summed E-state index contributed by atoms with van der Waals surface area (Å²) in [7, 11) is 1.94. The standard InChI is InChI=1S/C12H16BrN3O3/c1-8(17)5-6-16(2)7-11-14-15-12(19-11)9-3-4-10(13)18-9/h3-4,8,17H,5-7H2,1-2H3. The van der Waals surface area contributed by atoms with Gasteiger partial charge in [0.2, 0.25) is 5.89 Å². The van der Waals surface area contributed by atoms with Crippen LogP contribution in [0.25, 0.3) is 11.7 Å². The minimum absolute atomic E-state index is 0.304. The summed E-state index contributed by atoms with van der Waals surface area (Å²) in [6, 6.07) is 3.53. The maximum absolute atomic E-state index is 9.23. The minimum atomic E-state index is -0.304. The number of hydrogen-bond donors (Lipinski definition) is 1. The van der Waals surface area contributed by atoms with Gasteiger partial charge in [0.25, 0.3) is 5.89 Å². The second-order valence-corrected chi connectivity index (χ2v) is 5.26. The highest BCUT2D eigenvalue weighted by Crippen LogP contribution is 2.23. The van der Waals surface area contributed by atoms with Crippen LogP contribution in [-0.4, -0.2) is 39.9 Å². The van der Waals surface area contributed by atoms with Crippen molar-refractivity contribution in [3.8, 4) is 11.7 Å². The molecule has 19 heavy (non-hydrogen) atoms. The van der Waals surface area contributed by atoms with E-state index >= 15 is 0 Å². The lowest BCUT2D eigenvalue weighted by Gasteiger charge is -2.14. The van der Waals surface area contributed by atoms with Gasteiger partial charge in [-0.15, -0.1) is 10.2 Å². The topological polar surface area (TPSA) is 75.5 Å². The highest BCUT2D eigenvalue weighted by molar-refractivity contribution is 9.10. The summed E-state index contributed by atoms with van der Waals surface area (Å²) in [6.45, 7) is 3.08. The first-order chi connectivity index (χ1) is 9.04. The van der Waals surface area contributed by atoms with Crippen LogP contribution in [0.2, 0.25) is 0 Å². The summed E-state index contributed by atoms with van der Waals surface area (Å²) in [6.07, 6.45) is 0.406. The third-order valence-corrected chi connectivity index (χ3v) is 3.01. The van der Waals surface area contributed by atoms with E-state index in [2.05, 4.69) is 26.1 Å². The number of aliphatic hydroxyl groups excluding tert-OH is 1. The fourth-order valence-electron chi connectivity index (χ4n) is 1.56. The molecule has 1 N–H and O–H groups in total. The van der Waals surface area contributed by atoms with E-state index in [1.54, 1.807) is 19.1 Å². The summed E-state index contributed by atoms with van der Waals surface area (Å²) >= 11 is 3.22. The van der Waals surface area contributed by atoms with Crippen LogP contribution in [0.3, 0.4) is 0 Å². The van der Waals surface area contributed by atoms with Crippen molar-refractivity contribution in [3.05, 3.63) is 22.7 Å². The van der Waals surface area contributed by atoms with E-state index in [9.17, 15) is 5.11 Å². The van der Waals surface area contributed by atoms with E-state index in [-0.39, 0.29) is 6.10 Å². The van der Waals surface area contributed by atoms with Gasteiger partial charge >= 0.3 is 0 Å². The van der Waals surface area contributed by atoms with Gasteiger partial charge in [-0.2, -0.15) is 0 Å². The molecule has 0 aliphatic rings. The second-order valence-electron chi connectivity index (χ2n) is 4.48. The first-order valence-corrected chi connectivity index (χ1v) is 6.78. The highest BCUT2D eigenvalue weighted by Gasteiger charge is 2.13. The van der Waals surface area contributed by atoms with Crippen LogP contribution >= 0.6 is 15.9 Å². The largest absolute Gasteiger partial charge is 0.444 e. The van der Waals surface area contributed by atoms with Crippen molar-refractivity contribution in [2.24, 2.45) is 0 Å². The molecule has 0 radical (unpaired) electrons. The number of halogens is 1. The molecule has 0 bridgehead atoms. The van der Waals surface area contributed by atoms with Crippen LogP contribution < -0.4 is 0 Å². The molecule has 0 aliphatic carbocycles. The maximum atomic E-state index is 9.23. The van der Waals surface area contributed by atoms with E-state index < -0.39 is 0 Å². The van der Waals surface area contributed by atoms with Crippen LogP contribution in [0.1, 0.15) is 19.2 Å². The Labute approximate surface area is 119 Å². The first kappa shape index (κ1) is 14.2. The van der Waals surface area contributed by atoms with Crippen LogP contribution in [0, 0.1) is 0 Å². The van der Waals surface area contributed by atoms with Crippen molar-refractivity contribution in [1.29, 1.82) is 0 Å². The maximum Gasteiger partial charge on any atom is 0.283 e. The van der Waals surface area contributed by atoms with Gasteiger partial charge < -0.3 is 13.9 Å². The quantitative estimate of drug-likeness (QED) is 0.876. The molecule has 0 aliphatic heterocycles. The van der Waals surface area contributed by atoms with Gasteiger partial charge in [0.05, 0.1) is 12.6 Å². The van der Waals surface area contributed by atoms with Crippen molar-refractivity contribution < 1.29 is 13.9 Å². The molecule has 2 aromatic heterocycles. The molecule has 7 heteroatoms. The Kier molecular flexibility index (Phi) is 4.73. The molecule has 0 saturated heterocycles. The van der Waals surface area contributed by atoms with Gasteiger partial charge in [-0.3, -0.25) is 4.90 Å². The fraction of sp³-hybridized carbons (Fsp3) is 0.500. The van der Waals surface area contributed by atoms with Crippen molar-refractivity contribution in [2.75, 3.05) is 13.6 Å². The monoisotopic (exact) mass is 329 g/mol. The summed E-state index contributed by atoms with van der Waals surface area (Å²) < 4.78 is 11.5. The minimum Gasteiger partial charge on any atom is -0.444 e. The van der Waals surface area contributed by atoms with Crippen molar-refractivity contribution >= 4 is 15.9 Å². The number of aliphatic hydroxyl groups is 1. The molecule has 6 nitrogen and oxygen atoms in total. The molecule has 0 amide bonds. The molecular weight excluding hydrogens is 314 g/mol. The molecule has 0 aromatic carbocycles. The van der Waals surface area contributed by atoms with E-state index in [0.717, 1.165) is 6.54 Å². The SMILES string of the molecule is CC(O)CCN(C)Cc1nnc(-c2ccc(Br)o2)o1. The van der Waals surface area contributed by atoms with Crippen LogP contribution in [0.5, 0.6) is 0 Å². The smallest absolute Gasteiger partial charge is 0.283 e. The lowest BCUT2D eigenvalue weighted by atomic mass is 10.3. The van der Waals surface area contributed by atoms with E-state index in [0.29, 0.717) is 35.2 Å². The Morgan fingerprint density at radius 1 is 1.37 bits per heavy atom.